The van der Waals surface area contributed by atoms with E-state index < -0.39 is 23.9 Å². The molecule has 0 bridgehead atoms. The predicted octanol–water partition coefficient (Wildman–Crippen LogP) is 1.76. The predicted molar refractivity (Wildman–Crippen MR) is 85.0 cm³/mol. The summed E-state index contributed by atoms with van der Waals surface area (Å²) in [5.41, 5.74) is -1.18. The first-order valence-corrected chi connectivity index (χ1v) is 8.24. The van der Waals surface area contributed by atoms with Crippen LogP contribution in [0.3, 0.4) is 0 Å². The number of alkyl halides is 3. The third-order valence-corrected chi connectivity index (χ3v) is 4.79. The number of hydrogen-bond donors (Lipinski definition) is 1. The van der Waals surface area contributed by atoms with Crippen molar-refractivity contribution in [2.45, 2.75) is 25.1 Å². The maximum atomic E-state index is 12.9. The molecule has 0 aliphatic carbocycles. The van der Waals surface area contributed by atoms with E-state index in [0.717, 1.165) is 13.1 Å². The van der Waals surface area contributed by atoms with Gasteiger partial charge in [0.1, 0.15) is 17.6 Å². The van der Waals surface area contributed by atoms with Gasteiger partial charge in [0.2, 0.25) is 0 Å². The molecule has 3 rings (SSSR count). The molecule has 1 fully saturated rings. The molecule has 3 heterocycles. The van der Waals surface area contributed by atoms with Crippen molar-refractivity contribution in [3.8, 4) is 0 Å². The molecule has 1 atom stereocenters. The van der Waals surface area contributed by atoms with Gasteiger partial charge in [0.25, 0.3) is 5.91 Å². The van der Waals surface area contributed by atoms with Crippen LogP contribution in [0.2, 0.25) is 0 Å². The van der Waals surface area contributed by atoms with Gasteiger partial charge < -0.3 is 14.6 Å². The van der Waals surface area contributed by atoms with Crippen molar-refractivity contribution in [2.24, 2.45) is 20.0 Å². The Labute approximate surface area is 148 Å². The van der Waals surface area contributed by atoms with E-state index in [1.807, 2.05) is 0 Å². The summed E-state index contributed by atoms with van der Waals surface area (Å²) in [7, 11) is 2.96. The number of likely N-dealkylation sites (tertiary alicyclic amines) is 1. The molecule has 1 aliphatic rings. The molecule has 26 heavy (non-hydrogen) atoms. The van der Waals surface area contributed by atoms with Gasteiger partial charge in [0, 0.05) is 45.6 Å². The highest BCUT2D eigenvalue weighted by molar-refractivity contribution is 5.92. The number of amides is 1. The Bertz CT molecular complexity index is 790. The molecular weight excluding hydrogens is 351 g/mol. The second-order valence-electron chi connectivity index (χ2n) is 6.51. The van der Waals surface area contributed by atoms with E-state index in [0.29, 0.717) is 36.4 Å². The molecule has 1 saturated heterocycles. The van der Waals surface area contributed by atoms with Crippen LogP contribution in [-0.2, 0) is 20.3 Å². The quantitative estimate of drug-likeness (QED) is 0.892. The van der Waals surface area contributed by atoms with Crippen molar-refractivity contribution in [1.82, 2.24) is 24.2 Å². The lowest BCUT2D eigenvalue weighted by molar-refractivity contribution is -0.143. The fraction of sp³-hybridized carbons (Fsp3) is 0.562. The van der Waals surface area contributed by atoms with E-state index in [2.05, 4.69) is 10.1 Å². The first-order valence-electron chi connectivity index (χ1n) is 8.24. The molecule has 0 saturated carbocycles. The molecule has 0 spiro atoms. The molecule has 1 N–H and O–H groups in total. The van der Waals surface area contributed by atoms with Crippen LogP contribution >= 0.6 is 0 Å². The van der Waals surface area contributed by atoms with E-state index in [1.54, 1.807) is 24.0 Å². The summed E-state index contributed by atoms with van der Waals surface area (Å²) in [6.45, 7) is 0.700. The number of hydrogen-bond acceptors (Lipinski definition) is 4. The van der Waals surface area contributed by atoms with Crippen LogP contribution in [0.5, 0.6) is 0 Å². The molecule has 2 aromatic heterocycles. The number of aromatic nitrogens is 4. The van der Waals surface area contributed by atoms with Gasteiger partial charge in [-0.1, -0.05) is 0 Å². The maximum Gasteiger partial charge on any atom is 0.433 e. The highest BCUT2D eigenvalue weighted by Gasteiger charge is 2.37. The SMILES string of the molecule is Cn1ccnc1[C@H](O)C1CCN(C(=O)c2cc(C(F)(F)F)n(C)n2)CC1. The van der Waals surface area contributed by atoms with Crippen LogP contribution in [0.15, 0.2) is 18.5 Å². The second kappa shape index (κ2) is 6.75. The standard InChI is InChI=1S/C16H20F3N5O2/c1-22-8-5-20-14(22)13(25)10-3-6-24(7-4-10)15(26)11-9-12(16(17,18)19)23(2)21-11/h5,8-10,13,25H,3-4,6-7H2,1-2H3/t13-/m1/s1. The van der Waals surface area contributed by atoms with Crippen molar-refractivity contribution in [1.29, 1.82) is 0 Å². The van der Waals surface area contributed by atoms with Gasteiger partial charge in [-0.2, -0.15) is 18.3 Å². The zero-order valence-electron chi connectivity index (χ0n) is 14.4. The average Bonchev–Trinajstić information content (AvgIpc) is 3.19. The van der Waals surface area contributed by atoms with E-state index in [-0.39, 0.29) is 11.6 Å². The number of aliphatic hydroxyl groups excluding tert-OH is 1. The largest absolute Gasteiger partial charge is 0.433 e. The van der Waals surface area contributed by atoms with Gasteiger partial charge in [-0.25, -0.2) is 4.98 Å². The van der Waals surface area contributed by atoms with Gasteiger partial charge in [0.15, 0.2) is 5.69 Å². The molecular formula is C16H20F3N5O2. The number of rotatable bonds is 3. The lowest BCUT2D eigenvalue weighted by Gasteiger charge is -2.33. The van der Waals surface area contributed by atoms with Gasteiger partial charge >= 0.3 is 6.18 Å². The van der Waals surface area contributed by atoms with E-state index in [1.165, 1.54) is 4.90 Å². The Kier molecular flexibility index (Phi) is 4.78. The topological polar surface area (TPSA) is 76.2 Å². The van der Waals surface area contributed by atoms with E-state index in [9.17, 15) is 23.1 Å². The summed E-state index contributed by atoms with van der Waals surface area (Å²) in [5, 5.41) is 14.2. The Morgan fingerprint density at radius 2 is 1.96 bits per heavy atom. The molecule has 0 unspecified atom stereocenters. The maximum absolute atomic E-state index is 12.9. The molecule has 10 heteroatoms. The first kappa shape index (κ1) is 18.4. The third-order valence-electron chi connectivity index (χ3n) is 4.79. The Balaban J connectivity index is 1.65. The van der Waals surface area contributed by atoms with E-state index >= 15 is 0 Å². The van der Waals surface area contributed by atoms with Crippen LogP contribution < -0.4 is 0 Å². The number of aliphatic hydroxyl groups is 1. The van der Waals surface area contributed by atoms with Crippen molar-refractivity contribution < 1.29 is 23.1 Å². The molecule has 2 aromatic rings. The van der Waals surface area contributed by atoms with Gasteiger partial charge in [-0.3, -0.25) is 9.48 Å². The van der Waals surface area contributed by atoms with Crippen LogP contribution in [0.4, 0.5) is 13.2 Å². The Hall–Kier alpha value is -2.36. The molecule has 1 amide bonds. The summed E-state index contributed by atoms with van der Waals surface area (Å²) < 4.78 is 41.0. The van der Waals surface area contributed by atoms with Crippen molar-refractivity contribution in [2.75, 3.05) is 13.1 Å². The van der Waals surface area contributed by atoms with E-state index in [4.69, 9.17) is 0 Å². The number of carbonyl (C=O) groups is 1. The third kappa shape index (κ3) is 3.46. The summed E-state index contributed by atoms with van der Waals surface area (Å²) >= 11 is 0. The normalized spacial score (nSPS) is 17.5. The Morgan fingerprint density at radius 3 is 2.46 bits per heavy atom. The Morgan fingerprint density at radius 1 is 1.31 bits per heavy atom. The lowest BCUT2D eigenvalue weighted by Crippen LogP contribution is -2.40. The molecule has 1 aliphatic heterocycles. The van der Waals surface area contributed by atoms with Crippen LogP contribution in [0.25, 0.3) is 0 Å². The zero-order chi connectivity index (χ0) is 19.1. The molecule has 0 radical (unpaired) electrons. The van der Waals surface area contributed by atoms with Crippen molar-refractivity contribution in [3.63, 3.8) is 0 Å². The number of aryl methyl sites for hydroxylation is 2. The summed E-state index contributed by atoms with van der Waals surface area (Å²) in [6, 6.07) is 0.775. The minimum absolute atomic E-state index is 0.0605. The highest BCUT2D eigenvalue weighted by Crippen LogP contribution is 2.32. The molecule has 142 valence electrons. The minimum Gasteiger partial charge on any atom is -0.385 e. The summed E-state index contributed by atoms with van der Waals surface area (Å²) in [5.74, 6) is -0.0232. The number of imidazole rings is 1. The fourth-order valence-electron chi connectivity index (χ4n) is 3.29. The number of nitrogens with zero attached hydrogens (tertiary/aromatic N) is 5. The van der Waals surface area contributed by atoms with Gasteiger partial charge in [-0.05, 0) is 18.8 Å². The summed E-state index contributed by atoms with van der Waals surface area (Å²) in [4.78, 5) is 18.1. The fourth-order valence-corrected chi connectivity index (χ4v) is 3.29. The first-order chi connectivity index (χ1) is 12.2. The van der Waals surface area contributed by atoms with Gasteiger partial charge in [-0.15, -0.1) is 0 Å². The van der Waals surface area contributed by atoms with Crippen molar-refractivity contribution >= 4 is 5.91 Å². The van der Waals surface area contributed by atoms with Crippen LogP contribution in [0.1, 0.15) is 41.0 Å². The number of halogens is 3. The van der Waals surface area contributed by atoms with Gasteiger partial charge in [0.05, 0.1) is 0 Å². The van der Waals surface area contributed by atoms with Crippen molar-refractivity contribution in [3.05, 3.63) is 35.7 Å². The zero-order valence-corrected chi connectivity index (χ0v) is 14.4. The number of piperidine rings is 1. The molecule has 7 nitrogen and oxygen atoms in total. The second-order valence-corrected chi connectivity index (χ2v) is 6.51. The molecule has 0 aromatic carbocycles. The average molecular weight is 371 g/mol. The highest BCUT2D eigenvalue weighted by atomic mass is 19.4. The monoisotopic (exact) mass is 371 g/mol. The lowest BCUT2D eigenvalue weighted by atomic mass is 9.90. The summed E-state index contributed by atoms with van der Waals surface area (Å²) in [6.07, 6.45) is -0.858. The van der Waals surface area contributed by atoms with Crippen LogP contribution in [0, 0.1) is 5.92 Å². The smallest absolute Gasteiger partial charge is 0.385 e. The number of carbonyl (C=O) groups excluding carboxylic acids is 1. The van der Waals surface area contributed by atoms with Crippen LogP contribution in [-0.4, -0.2) is 48.3 Å². The minimum atomic E-state index is -4.56.